The number of piperazine rings is 1. The molecule has 0 spiro atoms. The molecule has 0 amide bonds. The molecule has 4 rings (SSSR count). The summed E-state index contributed by atoms with van der Waals surface area (Å²) in [6, 6.07) is 14.5. The molecule has 3 aromatic rings. The molecule has 0 unspecified atom stereocenters. The van der Waals surface area contributed by atoms with Crippen LogP contribution in [-0.2, 0) is 6.54 Å². The van der Waals surface area contributed by atoms with Crippen molar-refractivity contribution in [3.8, 4) is 23.0 Å². The zero-order chi connectivity index (χ0) is 21.1. The van der Waals surface area contributed by atoms with E-state index < -0.39 is 0 Å². The maximum atomic E-state index is 6.03. The second-order valence-corrected chi connectivity index (χ2v) is 7.59. The Morgan fingerprint density at radius 1 is 0.933 bits per heavy atom. The first-order chi connectivity index (χ1) is 14.6. The van der Waals surface area contributed by atoms with Crippen LogP contribution in [0.15, 0.2) is 46.9 Å². The number of hydrogen-bond acceptors (Lipinski definition) is 6. The fourth-order valence-electron chi connectivity index (χ4n) is 4.03. The first kappa shape index (κ1) is 20.3. The Bertz CT molecular complexity index is 992. The second-order valence-electron chi connectivity index (χ2n) is 7.59. The van der Waals surface area contributed by atoms with Crippen LogP contribution in [0.1, 0.15) is 17.0 Å². The van der Waals surface area contributed by atoms with Gasteiger partial charge in [0.1, 0.15) is 17.3 Å². The van der Waals surface area contributed by atoms with Crippen LogP contribution in [0.2, 0.25) is 0 Å². The highest BCUT2D eigenvalue weighted by molar-refractivity contribution is 5.68. The van der Waals surface area contributed by atoms with Gasteiger partial charge in [0.05, 0.1) is 25.5 Å². The average Bonchev–Trinajstić information content (AvgIpc) is 3.14. The van der Waals surface area contributed by atoms with Crippen LogP contribution in [0.3, 0.4) is 0 Å². The molecular formula is C24H29N3O3. The molecule has 0 aliphatic carbocycles. The van der Waals surface area contributed by atoms with Gasteiger partial charge in [-0.05, 0) is 38.1 Å². The van der Waals surface area contributed by atoms with Crippen molar-refractivity contribution in [2.24, 2.45) is 0 Å². The van der Waals surface area contributed by atoms with Gasteiger partial charge in [0.2, 0.25) is 5.89 Å². The Morgan fingerprint density at radius 3 is 2.33 bits per heavy atom. The third-order valence-electron chi connectivity index (χ3n) is 5.77. The van der Waals surface area contributed by atoms with Gasteiger partial charge in [-0.25, -0.2) is 4.98 Å². The van der Waals surface area contributed by atoms with Crippen molar-refractivity contribution in [3.63, 3.8) is 0 Å². The number of ether oxygens (including phenoxy) is 2. The summed E-state index contributed by atoms with van der Waals surface area (Å²) < 4.78 is 17.1. The van der Waals surface area contributed by atoms with Crippen LogP contribution in [0.5, 0.6) is 11.5 Å². The van der Waals surface area contributed by atoms with Crippen molar-refractivity contribution in [1.29, 1.82) is 0 Å². The largest absolute Gasteiger partial charge is 0.496 e. The highest BCUT2D eigenvalue weighted by atomic mass is 16.5. The Labute approximate surface area is 178 Å². The van der Waals surface area contributed by atoms with Crippen molar-refractivity contribution < 1.29 is 13.9 Å². The zero-order valence-corrected chi connectivity index (χ0v) is 18.1. The number of para-hydroxylation sites is 1. The monoisotopic (exact) mass is 407 g/mol. The summed E-state index contributed by atoms with van der Waals surface area (Å²) in [5, 5.41) is 0. The topological polar surface area (TPSA) is 51.0 Å². The molecule has 0 atom stereocenters. The van der Waals surface area contributed by atoms with Crippen LogP contribution in [0, 0.1) is 13.8 Å². The summed E-state index contributed by atoms with van der Waals surface area (Å²) in [5.41, 5.74) is 4.05. The van der Waals surface area contributed by atoms with Crippen molar-refractivity contribution >= 4 is 5.69 Å². The maximum absolute atomic E-state index is 6.03. The van der Waals surface area contributed by atoms with Crippen molar-refractivity contribution in [1.82, 2.24) is 9.88 Å². The lowest BCUT2D eigenvalue weighted by Gasteiger charge is -2.35. The predicted molar refractivity (Wildman–Crippen MR) is 118 cm³/mol. The summed E-state index contributed by atoms with van der Waals surface area (Å²) in [6.07, 6.45) is 0. The molecule has 0 N–H and O–H groups in total. The van der Waals surface area contributed by atoms with Crippen molar-refractivity contribution in [2.45, 2.75) is 20.4 Å². The van der Waals surface area contributed by atoms with Gasteiger partial charge in [-0.15, -0.1) is 0 Å². The smallest absolute Gasteiger partial charge is 0.230 e. The van der Waals surface area contributed by atoms with Crippen LogP contribution < -0.4 is 14.4 Å². The first-order valence-corrected chi connectivity index (χ1v) is 10.3. The minimum atomic E-state index is 0.591. The second kappa shape index (κ2) is 8.79. The number of anilines is 1. The van der Waals surface area contributed by atoms with Gasteiger partial charge >= 0.3 is 0 Å². The van der Waals surface area contributed by atoms with E-state index in [4.69, 9.17) is 18.9 Å². The molecule has 0 radical (unpaired) electrons. The normalized spacial score (nSPS) is 14.7. The van der Waals surface area contributed by atoms with E-state index in [1.54, 1.807) is 14.2 Å². The number of methoxy groups -OCH3 is 2. The summed E-state index contributed by atoms with van der Waals surface area (Å²) in [5.74, 6) is 2.97. The van der Waals surface area contributed by atoms with Crippen molar-refractivity contribution in [2.75, 3.05) is 45.3 Å². The summed E-state index contributed by atoms with van der Waals surface area (Å²) in [4.78, 5) is 9.68. The molecule has 2 aromatic carbocycles. The van der Waals surface area contributed by atoms with E-state index in [9.17, 15) is 0 Å². The maximum Gasteiger partial charge on any atom is 0.230 e. The predicted octanol–water partition coefficient (Wildman–Crippen LogP) is 4.30. The molecule has 1 aliphatic rings. The van der Waals surface area contributed by atoms with Crippen LogP contribution in [0.4, 0.5) is 5.69 Å². The van der Waals surface area contributed by atoms with E-state index in [-0.39, 0.29) is 0 Å². The standard InChI is InChI=1S/C24H29N3O3/c1-17-22(28-3)11-10-20(23(17)29-4)24-25-21(18(2)30-24)16-26-12-14-27(15-13-26)19-8-6-5-7-9-19/h5-11H,12-16H2,1-4H3. The molecule has 1 fully saturated rings. The summed E-state index contributed by atoms with van der Waals surface area (Å²) in [6.45, 7) is 8.77. The SMILES string of the molecule is COc1ccc(-c2nc(CN3CCN(c4ccccc4)CC3)c(C)o2)c(OC)c1C. The Kier molecular flexibility index (Phi) is 5.95. The molecule has 30 heavy (non-hydrogen) atoms. The molecular weight excluding hydrogens is 378 g/mol. The fraction of sp³-hybridized carbons (Fsp3) is 0.375. The third-order valence-corrected chi connectivity index (χ3v) is 5.77. The van der Waals surface area contributed by atoms with Gasteiger partial charge in [-0.2, -0.15) is 0 Å². The molecule has 158 valence electrons. The molecule has 0 saturated carbocycles. The Hall–Kier alpha value is -2.99. The Morgan fingerprint density at radius 2 is 1.67 bits per heavy atom. The molecule has 6 nitrogen and oxygen atoms in total. The van der Waals surface area contributed by atoms with Crippen LogP contribution in [0.25, 0.3) is 11.5 Å². The third kappa shape index (κ3) is 4.00. The quantitative estimate of drug-likeness (QED) is 0.607. The van der Waals surface area contributed by atoms with E-state index in [1.807, 2.05) is 26.0 Å². The highest BCUT2D eigenvalue weighted by Gasteiger charge is 2.22. The number of benzene rings is 2. The molecule has 0 bridgehead atoms. The van der Waals surface area contributed by atoms with Gasteiger partial charge in [-0.3, -0.25) is 4.90 Å². The number of rotatable bonds is 6. The van der Waals surface area contributed by atoms with E-state index in [0.29, 0.717) is 5.89 Å². The van der Waals surface area contributed by atoms with E-state index >= 15 is 0 Å². The van der Waals surface area contributed by atoms with Gasteiger partial charge in [-0.1, -0.05) is 18.2 Å². The van der Waals surface area contributed by atoms with Gasteiger partial charge < -0.3 is 18.8 Å². The average molecular weight is 408 g/mol. The lowest BCUT2D eigenvalue weighted by atomic mass is 10.1. The minimum absolute atomic E-state index is 0.591. The van der Waals surface area contributed by atoms with Gasteiger partial charge in [0, 0.05) is 44.0 Å². The van der Waals surface area contributed by atoms with Crippen LogP contribution in [-0.4, -0.2) is 50.3 Å². The summed E-state index contributed by atoms with van der Waals surface area (Å²) in [7, 11) is 3.32. The van der Waals surface area contributed by atoms with Gasteiger partial charge in [0.15, 0.2) is 0 Å². The molecule has 1 aliphatic heterocycles. The lowest BCUT2D eigenvalue weighted by Crippen LogP contribution is -2.46. The van der Waals surface area contributed by atoms with E-state index in [2.05, 4.69) is 40.1 Å². The minimum Gasteiger partial charge on any atom is -0.496 e. The van der Waals surface area contributed by atoms with Crippen molar-refractivity contribution in [3.05, 3.63) is 59.5 Å². The van der Waals surface area contributed by atoms with Crippen LogP contribution >= 0.6 is 0 Å². The zero-order valence-electron chi connectivity index (χ0n) is 18.1. The summed E-state index contributed by atoms with van der Waals surface area (Å²) >= 11 is 0. The highest BCUT2D eigenvalue weighted by Crippen LogP contribution is 2.38. The van der Waals surface area contributed by atoms with E-state index in [1.165, 1.54) is 5.69 Å². The fourth-order valence-corrected chi connectivity index (χ4v) is 4.03. The number of nitrogens with zero attached hydrogens (tertiary/aromatic N) is 3. The molecule has 1 aromatic heterocycles. The molecule has 6 heteroatoms. The number of oxazole rings is 1. The Balaban J connectivity index is 1.47. The van der Waals surface area contributed by atoms with E-state index in [0.717, 1.165) is 66.8 Å². The number of hydrogen-bond donors (Lipinski definition) is 0. The molecule has 1 saturated heterocycles. The molecule has 2 heterocycles. The van der Waals surface area contributed by atoms with Gasteiger partial charge in [0.25, 0.3) is 0 Å². The number of aryl methyl sites for hydroxylation is 1. The first-order valence-electron chi connectivity index (χ1n) is 10.3. The number of aromatic nitrogens is 1. The lowest BCUT2D eigenvalue weighted by molar-refractivity contribution is 0.246.